The quantitative estimate of drug-likeness (QED) is 0.580. The Morgan fingerprint density at radius 2 is 1.78 bits per heavy atom. The molecule has 3 aromatic rings. The van der Waals surface area contributed by atoms with Gasteiger partial charge in [-0.05, 0) is 32.0 Å². The van der Waals surface area contributed by atoms with E-state index in [0.29, 0.717) is 16.9 Å². The second-order valence-corrected chi connectivity index (χ2v) is 5.38. The average molecular weight is 310 g/mol. The lowest BCUT2D eigenvalue weighted by Gasteiger charge is -2.14. The molecule has 1 N–H and O–H groups in total. The summed E-state index contributed by atoms with van der Waals surface area (Å²) < 4.78 is 5.74. The second-order valence-electron chi connectivity index (χ2n) is 5.38. The molecule has 1 heterocycles. The van der Waals surface area contributed by atoms with Crippen molar-refractivity contribution in [1.82, 2.24) is 0 Å². The molecule has 2 aromatic carbocycles. The number of nitrogens with zero attached hydrogens (tertiary/aromatic N) is 2. The Kier molecular flexibility index (Phi) is 3.44. The fourth-order valence-electron chi connectivity index (χ4n) is 2.26. The zero-order valence-corrected chi connectivity index (χ0v) is 12.6. The Balaban J connectivity index is 2.19. The minimum Gasteiger partial charge on any atom is -0.479 e. The number of furan rings is 1. The number of carboxylic acids is 1. The maximum absolute atomic E-state index is 11.6. The molecule has 1 atom stereocenters. The Bertz CT molecular complexity index is 942. The zero-order chi connectivity index (χ0) is 16.6. The minimum atomic E-state index is -1.90. The number of aliphatic carboxylic acids is 1. The van der Waals surface area contributed by atoms with Gasteiger partial charge in [0.15, 0.2) is 5.78 Å². The van der Waals surface area contributed by atoms with Crippen molar-refractivity contribution in [3.63, 3.8) is 0 Å². The van der Waals surface area contributed by atoms with E-state index >= 15 is 0 Å². The van der Waals surface area contributed by atoms with Gasteiger partial charge in [-0.25, -0.2) is 4.79 Å². The van der Waals surface area contributed by atoms with Crippen molar-refractivity contribution < 1.29 is 19.1 Å². The smallest absolute Gasteiger partial charge is 0.341 e. The van der Waals surface area contributed by atoms with Crippen molar-refractivity contribution in [1.29, 1.82) is 0 Å². The molecule has 116 valence electrons. The highest BCUT2D eigenvalue weighted by molar-refractivity contribution is 6.10. The van der Waals surface area contributed by atoms with E-state index < -0.39 is 17.3 Å². The van der Waals surface area contributed by atoms with E-state index in [9.17, 15) is 14.7 Å². The molecule has 6 heteroatoms. The Labute approximate surface area is 131 Å². The standard InChI is InChI=1S/C17H14N2O4/c1-10(20)17(2,16(21)22)19-18-12-7-5-9-14-15(12)11-6-3-4-8-13(11)23-14/h3-9H,1-2H3,(H,21,22). The van der Waals surface area contributed by atoms with E-state index in [1.807, 2.05) is 24.3 Å². The van der Waals surface area contributed by atoms with Crippen molar-refractivity contribution in [2.75, 3.05) is 0 Å². The van der Waals surface area contributed by atoms with Gasteiger partial charge in [-0.15, -0.1) is 0 Å². The van der Waals surface area contributed by atoms with Gasteiger partial charge in [0.05, 0.1) is 11.1 Å². The number of hydrogen-bond donors (Lipinski definition) is 1. The number of rotatable bonds is 4. The van der Waals surface area contributed by atoms with Crippen LogP contribution in [0.25, 0.3) is 21.9 Å². The van der Waals surface area contributed by atoms with E-state index in [0.717, 1.165) is 10.8 Å². The number of benzene rings is 2. The number of carboxylic acid groups (broad SMARTS) is 1. The summed E-state index contributed by atoms with van der Waals surface area (Å²) >= 11 is 0. The van der Waals surface area contributed by atoms with Crippen LogP contribution >= 0.6 is 0 Å². The van der Waals surface area contributed by atoms with Gasteiger partial charge in [-0.3, -0.25) is 4.79 Å². The Morgan fingerprint density at radius 1 is 1.09 bits per heavy atom. The van der Waals surface area contributed by atoms with Crippen LogP contribution in [-0.2, 0) is 9.59 Å². The highest BCUT2D eigenvalue weighted by Crippen LogP contribution is 2.36. The van der Waals surface area contributed by atoms with E-state index in [4.69, 9.17) is 4.42 Å². The predicted molar refractivity (Wildman–Crippen MR) is 85.0 cm³/mol. The topological polar surface area (TPSA) is 92.2 Å². The summed E-state index contributed by atoms with van der Waals surface area (Å²) in [6, 6.07) is 12.7. The van der Waals surface area contributed by atoms with Crippen molar-refractivity contribution in [2.45, 2.75) is 19.4 Å². The highest BCUT2D eigenvalue weighted by Gasteiger charge is 2.39. The Morgan fingerprint density at radius 3 is 2.48 bits per heavy atom. The van der Waals surface area contributed by atoms with Crippen LogP contribution in [0.1, 0.15) is 13.8 Å². The number of para-hydroxylation sites is 1. The second kappa shape index (κ2) is 5.31. The van der Waals surface area contributed by atoms with Crippen LogP contribution in [0.4, 0.5) is 5.69 Å². The summed E-state index contributed by atoms with van der Waals surface area (Å²) in [6.45, 7) is 2.41. The van der Waals surface area contributed by atoms with Crippen molar-refractivity contribution in [3.05, 3.63) is 42.5 Å². The molecule has 0 spiro atoms. The van der Waals surface area contributed by atoms with Crippen molar-refractivity contribution in [3.8, 4) is 0 Å². The third kappa shape index (κ3) is 2.38. The lowest BCUT2D eigenvalue weighted by molar-refractivity contribution is -0.146. The molecule has 0 saturated carbocycles. The number of carbonyl (C=O) groups is 2. The van der Waals surface area contributed by atoms with Crippen LogP contribution in [0.15, 0.2) is 57.1 Å². The SMILES string of the molecule is CC(=O)C(C)(N=Nc1cccc2oc3ccccc3c12)C(=O)O. The normalized spacial score (nSPS) is 14.3. The fraction of sp³-hybridized carbons (Fsp3) is 0.176. The van der Waals surface area contributed by atoms with Gasteiger partial charge in [-0.1, -0.05) is 24.3 Å². The van der Waals surface area contributed by atoms with Crippen LogP contribution < -0.4 is 0 Å². The van der Waals surface area contributed by atoms with Gasteiger partial charge < -0.3 is 9.52 Å². The molecule has 3 rings (SSSR count). The maximum Gasteiger partial charge on any atom is 0.341 e. The summed E-state index contributed by atoms with van der Waals surface area (Å²) in [5, 5.41) is 18.7. The lowest BCUT2D eigenvalue weighted by atomic mass is 9.99. The van der Waals surface area contributed by atoms with Gasteiger partial charge in [0.2, 0.25) is 5.54 Å². The first-order valence-corrected chi connectivity index (χ1v) is 7.01. The van der Waals surface area contributed by atoms with Crippen molar-refractivity contribution in [2.24, 2.45) is 10.2 Å². The number of ketones is 1. The predicted octanol–water partition coefficient (Wildman–Crippen LogP) is 4.10. The summed E-state index contributed by atoms with van der Waals surface area (Å²) in [4.78, 5) is 22.9. The molecule has 0 radical (unpaired) electrons. The fourth-order valence-corrected chi connectivity index (χ4v) is 2.26. The lowest BCUT2D eigenvalue weighted by Crippen LogP contribution is -2.39. The first-order valence-electron chi connectivity index (χ1n) is 7.01. The number of azo groups is 1. The summed E-state index contributed by atoms with van der Waals surface area (Å²) in [7, 11) is 0. The molecule has 1 unspecified atom stereocenters. The molecule has 0 aliphatic rings. The van der Waals surface area contributed by atoms with Crippen LogP contribution in [0.2, 0.25) is 0 Å². The van der Waals surface area contributed by atoms with Crippen LogP contribution in [-0.4, -0.2) is 22.4 Å². The molecule has 1 aromatic heterocycles. The summed E-state index contributed by atoms with van der Waals surface area (Å²) in [5.74, 6) is -1.92. The molecule has 0 fully saturated rings. The third-order valence-electron chi connectivity index (χ3n) is 3.84. The molecular formula is C17H14N2O4. The molecule has 6 nitrogen and oxygen atoms in total. The number of Topliss-reactive ketones (excluding diaryl/α,β-unsaturated/α-hetero) is 1. The molecule has 0 aliphatic carbocycles. The largest absolute Gasteiger partial charge is 0.479 e. The molecule has 0 amide bonds. The van der Waals surface area contributed by atoms with Gasteiger partial charge in [0, 0.05) is 5.39 Å². The third-order valence-corrected chi connectivity index (χ3v) is 3.84. The van der Waals surface area contributed by atoms with Gasteiger partial charge in [0.1, 0.15) is 11.2 Å². The maximum atomic E-state index is 11.6. The molecule has 0 saturated heterocycles. The van der Waals surface area contributed by atoms with E-state index in [2.05, 4.69) is 10.2 Å². The van der Waals surface area contributed by atoms with E-state index in [-0.39, 0.29) is 0 Å². The van der Waals surface area contributed by atoms with Crippen LogP contribution in [0.5, 0.6) is 0 Å². The number of fused-ring (bicyclic) bond motifs is 3. The summed E-state index contributed by atoms with van der Waals surface area (Å²) in [6.07, 6.45) is 0. The van der Waals surface area contributed by atoms with Gasteiger partial charge >= 0.3 is 5.97 Å². The van der Waals surface area contributed by atoms with Crippen LogP contribution in [0.3, 0.4) is 0 Å². The molecular weight excluding hydrogens is 296 g/mol. The average Bonchev–Trinajstić information content (AvgIpc) is 2.91. The van der Waals surface area contributed by atoms with Crippen LogP contribution in [0, 0.1) is 0 Å². The van der Waals surface area contributed by atoms with Gasteiger partial charge in [0.25, 0.3) is 0 Å². The number of carbonyl (C=O) groups excluding carboxylic acids is 1. The summed E-state index contributed by atoms with van der Waals surface area (Å²) in [5.41, 5.74) is -0.108. The van der Waals surface area contributed by atoms with E-state index in [1.54, 1.807) is 18.2 Å². The molecule has 23 heavy (non-hydrogen) atoms. The van der Waals surface area contributed by atoms with Crippen molar-refractivity contribution >= 4 is 39.4 Å². The first-order chi connectivity index (χ1) is 10.9. The van der Waals surface area contributed by atoms with Gasteiger partial charge in [-0.2, -0.15) is 10.2 Å². The molecule has 0 aliphatic heterocycles. The minimum absolute atomic E-state index is 0.459. The van der Waals surface area contributed by atoms with E-state index in [1.165, 1.54) is 13.8 Å². The highest BCUT2D eigenvalue weighted by atomic mass is 16.4. The number of hydrogen-bond acceptors (Lipinski definition) is 5. The monoisotopic (exact) mass is 310 g/mol. The Hall–Kier alpha value is -3.02. The zero-order valence-electron chi connectivity index (χ0n) is 12.6. The molecule has 0 bridgehead atoms. The first kappa shape index (κ1) is 14.9.